The molecule has 0 unspecified atom stereocenters. The van der Waals surface area contributed by atoms with Gasteiger partial charge in [0.2, 0.25) is 0 Å². The minimum absolute atomic E-state index is 0.170. The number of aryl methyl sites for hydroxylation is 1. The predicted molar refractivity (Wildman–Crippen MR) is 60.3 cm³/mol. The van der Waals surface area contributed by atoms with Gasteiger partial charge in [0.05, 0.1) is 5.69 Å². The van der Waals surface area contributed by atoms with Gasteiger partial charge in [0.25, 0.3) is 0 Å². The molecule has 2 N–H and O–H groups in total. The van der Waals surface area contributed by atoms with Crippen LogP contribution in [0.3, 0.4) is 0 Å². The van der Waals surface area contributed by atoms with Gasteiger partial charge in [0.15, 0.2) is 11.6 Å². The first-order valence-electron chi connectivity index (χ1n) is 5.10. The van der Waals surface area contributed by atoms with Crippen LogP contribution in [0.4, 0.5) is 14.6 Å². The van der Waals surface area contributed by atoms with Crippen LogP contribution in [-0.2, 0) is 6.42 Å². The van der Waals surface area contributed by atoms with Gasteiger partial charge < -0.3 is 5.73 Å². The summed E-state index contributed by atoms with van der Waals surface area (Å²) in [6.45, 7) is 1.50. The molecule has 0 saturated heterocycles. The van der Waals surface area contributed by atoms with Gasteiger partial charge in [0, 0.05) is 6.42 Å². The first kappa shape index (κ1) is 11.4. The summed E-state index contributed by atoms with van der Waals surface area (Å²) < 4.78 is 26.6. The zero-order valence-electron chi connectivity index (χ0n) is 9.24. The number of nitrogen functional groups attached to an aromatic ring is 1. The molecule has 0 fully saturated rings. The highest BCUT2D eigenvalue weighted by atomic mass is 19.1. The van der Waals surface area contributed by atoms with E-state index in [4.69, 9.17) is 5.73 Å². The summed E-state index contributed by atoms with van der Waals surface area (Å²) in [7, 11) is 0. The lowest BCUT2D eigenvalue weighted by Gasteiger charge is -2.05. The van der Waals surface area contributed by atoms with Crippen molar-refractivity contribution in [2.75, 3.05) is 5.73 Å². The molecule has 3 nitrogen and oxygen atoms in total. The number of nitrogens with zero attached hydrogens (tertiary/aromatic N) is 2. The quantitative estimate of drug-likeness (QED) is 0.868. The molecule has 1 heterocycles. The fraction of sp³-hybridized carbons (Fsp3) is 0.167. The molecule has 0 atom stereocenters. The van der Waals surface area contributed by atoms with Crippen LogP contribution in [0.15, 0.2) is 24.3 Å². The molecular formula is C12H11F2N3. The van der Waals surface area contributed by atoms with Crippen molar-refractivity contribution in [1.82, 2.24) is 9.97 Å². The van der Waals surface area contributed by atoms with Gasteiger partial charge in [-0.2, -0.15) is 0 Å². The van der Waals surface area contributed by atoms with Crippen molar-refractivity contribution >= 4 is 5.82 Å². The van der Waals surface area contributed by atoms with Crippen molar-refractivity contribution in [1.29, 1.82) is 0 Å². The number of nitrogens with two attached hydrogens (primary N) is 1. The summed E-state index contributed by atoms with van der Waals surface area (Å²) in [5, 5.41) is 0. The molecule has 0 spiro atoms. The summed E-state index contributed by atoms with van der Waals surface area (Å²) in [4.78, 5) is 7.73. The van der Waals surface area contributed by atoms with Gasteiger partial charge in [-0.3, -0.25) is 0 Å². The van der Waals surface area contributed by atoms with E-state index < -0.39 is 5.82 Å². The maximum atomic E-state index is 13.4. The van der Waals surface area contributed by atoms with Crippen molar-refractivity contribution in [3.8, 4) is 0 Å². The number of aromatic nitrogens is 2. The van der Waals surface area contributed by atoms with Crippen LogP contribution in [0, 0.1) is 18.6 Å². The fourth-order valence-electron chi connectivity index (χ4n) is 1.53. The first-order valence-corrected chi connectivity index (χ1v) is 5.10. The van der Waals surface area contributed by atoms with Crippen molar-refractivity contribution in [3.63, 3.8) is 0 Å². The average Bonchev–Trinajstić information content (AvgIpc) is 2.29. The second-order valence-corrected chi connectivity index (χ2v) is 3.69. The second-order valence-electron chi connectivity index (χ2n) is 3.69. The Morgan fingerprint density at radius 3 is 2.53 bits per heavy atom. The Bertz CT molecular complexity index is 532. The molecule has 88 valence electrons. The number of hydrogen-bond donors (Lipinski definition) is 1. The lowest BCUT2D eigenvalue weighted by atomic mass is 10.1. The predicted octanol–water partition coefficient (Wildman–Crippen LogP) is 2.24. The van der Waals surface area contributed by atoms with Crippen LogP contribution in [0.25, 0.3) is 0 Å². The van der Waals surface area contributed by atoms with Gasteiger partial charge in [-0.1, -0.05) is 18.2 Å². The standard InChI is InChI=1S/C12H11F2N3/c1-7-11(14)12(15)17-10(16-7)6-8-4-2-3-5-9(8)13/h2-5H,6H2,1H3,(H2,15,16,17). The fourth-order valence-corrected chi connectivity index (χ4v) is 1.53. The lowest BCUT2D eigenvalue weighted by molar-refractivity contribution is 0.598. The zero-order valence-corrected chi connectivity index (χ0v) is 9.24. The van der Waals surface area contributed by atoms with E-state index in [9.17, 15) is 8.78 Å². The largest absolute Gasteiger partial charge is 0.381 e. The Morgan fingerprint density at radius 1 is 1.18 bits per heavy atom. The summed E-state index contributed by atoms with van der Waals surface area (Å²) in [5.41, 5.74) is 6.02. The van der Waals surface area contributed by atoms with E-state index in [0.717, 1.165) is 0 Å². The third-order valence-electron chi connectivity index (χ3n) is 2.40. The number of rotatable bonds is 2. The van der Waals surface area contributed by atoms with Gasteiger partial charge in [-0.25, -0.2) is 18.7 Å². The SMILES string of the molecule is Cc1nc(Cc2ccccc2F)nc(N)c1F. The monoisotopic (exact) mass is 235 g/mol. The van der Waals surface area contributed by atoms with Crippen molar-refractivity contribution in [2.45, 2.75) is 13.3 Å². The van der Waals surface area contributed by atoms with E-state index in [-0.39, 0.29) is 23.7 Å². The molecule has 0 amide bonds. The Morgan fingerprint density at radius 2 is 1.88 bits per heavy atom. The molecule has 0 radical (unpaired) electrons. The van der Waals surface area contributed by atoms with E-state index in [0.29, 0.717) is 11.4 Å². The molecule has 1 aromatic heterocycles. The maximum absolute atomic E-state index is 13.4. The van der Waals surface area contributed by atoms with E-state index in [2.05, 4.69) is 9.97 Å². The normalized spacial score (nSPS) is 10.5. The van der Waals surface area contributed by atoms with Gasteiger partial charge >= 0.3 is 0 Å². The minimum Gasteiger partial charge on any atom is -0.381 e. The number of benzene rings is 1. The van der Waals surface area contributed by atoms with Gasteiger partial charge in [-0.15, -0.1) is 0 Å². The number of hydrogen-bond acceptors (Lipinski definition) is 3. The highest BCUT2D eigenvalue weighted by Crippen LogP contribution is 2.14. The third-order valence-corrected chi connectivity index (χ3v) is 2.40. The Labute approximate surface area is 97.3 Å². The van der Waals surface area contributed by atoms with Crippen LogP contribution in [0.2, 0.25) is 0 Å². The van der Waals surface area contributed by atoms with Crippen LogP contribution >= 0.6 is 0 Å². The lowest BCUT2D eigenvalue weighted by Crippen LogP contribution is -2.06. The molecule has 0 saturated carbocycles. The minimum atomic E-state index is -0.623. The molecule has 0 aliphatic carbocycles. The molecule has 0 bridgehead atoms. The molecule has 5 heteroatoms. The molecule has 2 aromatic rings. The summed E-state index contributed by atoms with van der Waals surface area (Å²) >= 11 is 0. The first-order chi connectivity index (χ1) is 8.08. The summed E-state index contributed by atoms with van der Waals surface area (Å²) in [6, 6.07) is 6.31. The Hall–Kier alpha value is -2.04. The van der Waals surface area contributed by atoms with Crippen LogP contribution in [0.5, 0.6) is 0 Å². The van der Waals surface area contributed by atoms with E-state index in [1.807, 2.05) is 0 Å². The summed E-state index contributed by atoms with van der Waals surface area (Å²) in [6.07, 6.45) is 0.192. The smallest absolute Gasteiger partial charge is 0.186 e. The highest BCUT2D eigenvalue weighted by Gasteiger charge is 2.10. The number of halogens is 2. The Kier molecular flexibility index (Phi) is 2.99. The van der Waals surface area contributed by atoms with Crippen molar-refractivity contribution < 1.29 is 8.78 Å². The van der Waals surface area contributed by atoms with Crippen molar-refractivity contribution in [3.05, 3.63) is 53.0 Å². The van der Waals surface area contributed by atoms with Crippen LogP contribution in [-0.4, -0.2) is 9.97 Å². The van der Waals surface area contributed by atoms with Gasteiger partial charge in [0.1, 0.15) is 11.6 Å². The van der Waals surface area contributed by atoms with Gasteiger partial charge in [-0.05, 0) is 18.6 Å². The molecule has 17 heavy (non-hydrogen) atoms. The van der Waals surface area contributed by atoms with Crippen LogP contribution in [0.1, 0.15) is 17.1 Å². The molecule has 0 aliphatic rings. The summed E-state index contributed by atoms with van der Waals surface area (Å²) in [5.74, 6) is -0.853. The Balaban J connectivity index is 2.34. The number of anilines is 1. The van der Waals surface area contributed by atoms with Crippen molar-refractivity contribution in [2.24, 2.45) is 0 Å². The zero-order chi connectivity index (χ0) is 12.4. The topological polar surface area (TPSA) is 51.8 Å². The second kappa shape index (κ2) is 4.45. The van der Waals surface area contributed by atoms with E-state index in [1.165, 1.54) is 13.0 Å². The maximum Gasteiger partial charge on any atom is 0.186 e. The molecule has 0 aliphatic heterocycles. The molecule has 1 aromatic carbocycles. The molecular weight excluding hydrogens is 224 g/mol. The average molecular weight is 235 g/mol. The van der Waals surface area contributed by atoms with E-state index in [1.54, 1.807) is 18.2 Å². The van der Waals surface area contributed by atoms with E-state index >= 15 is 0 Å². The van der Waals surface area contributed by atoms with Crippen LogP contribution < -0.4 is 5.73 Å². The molecule has 2 rings (SSSR count). The highest BCUT2D eigenvalue weighted by molar-refractivity contribution is 5.33. The third kappa shape index (κ3) is 2.38.